The summed E-state index contributed by atoms with van der Waals surface area (Å²) >= 11 is 0. The lowest BCUT2D eigenvalue weighted by Gasteiger charge is -2.41. The van der Waals surface area contributed by atoms with Gasteiger partial charge in [-0.25, -0.2) is 15.0 Å². The van der Waals surface area contributed by atoms with Crippen LogP contribution in [0.15, 0.2) is 42.7 Å². The summed E-state index contributed by atoms with van der Waals surface area (Å²) < 4.78 is 5.41. The third kappa shape index (κ3) is 3.09. The molecule has 2 fully saturated rings. The number of pyridine rings is 1. The van der Waals surface area contributed by atoms with E-state index in [1.54, 1.807) is 0 Å². The first-order valence-corrected chi connectivity index (χ1v) is 9.32. The molecule has 0 unspecified atom stereocenters. The van der Waals surface area contributed by atoms with Gasteiger partial charge in [-0.05, 0) is 29.8 Å². The van der Waals surface area contributed by atoms with Crippen LogP contribution in [0.4, 0.5) is 11.6 Å². The summed E-state index contributed by atoms with van der Waals surface area (Å²) in [6, 6.07) is 10.4. The minimum Gasteiger partial charge on any atom is -0.378 e. The van der Waals surface area contributed by atoms with E-state index in [-0.39, 0.29) is 0 Å². The molecule has 0 radical (unpaired) electrons. The molecule has 0 bridgehead atoms. The summed E-state index contributed by atoms with van der Waals surface area (Å²) in [5.74, 6) is 1.90. The first kappa shape index (κ1) is 16.4. The molecular weight excluding hydrogens is 340 g/mol. The topological polar surface area (TPSA) is 57.6 Å². The van der Waals surface area contributed by atoms with Gasteiger partial charge in [0.15, 0.2) is 5.82 Å². The van der Waals surface area contributed by atoms with Crippen LogP contribution in [0.2, 0.25) is 0 Å². The Morgan fingerprint density at radius 2 is 1.67 bits per heavy atom. The number of likely N-dealkylation sites (N-methyl/N-ethyl adjacent to an activating group) is 1. The van der Waals surface area contributed by atoms with Crippen molar-refractivity contribution in [2.24, 2.45) is 0 Å². The van der Waals surface area contributed by atoms with E-state index in [1.807, 2.05) is 18.5 Å². The Bertz CT molecular complexity index is 954. The molecule has 0 atom stereocenters. The Balaban J connectivity index is 1.43. The van der Waals surface area contributed by atoms with Gasteiger partial charge in [-0.15, -0.1) is 0 Å². The molecule has 0 amide bonds. The molecule has 7 nitrogen and oxygen atoms in total. The van der Waals surface area contributed by atoms with Gasteiger partial charge >= 0.3 is 0 Å². The van der Waals surface area contributed by atoms with E-state index in [0.29, 0.717) is 0 Å². The zero-order valence-corrected chi connectivity index (χ0v) is 15.4. The maximum Gasteiger partial charge on any atom is 0.162 e. The van der Waals surface area contributed by atoms with Gasteiger partial charge in [0.2, 0.25) is 0 Å². The molecule has 0 saturated carbocycles. The molecule has 138 valence electrons. The molecule has 1 aromatic carbocycles. The minimum absolute atomic E-state index is 0.765. The number of fused-ring (bicyclic) bond motifs is 1. The van der Waals surface area contributed by atoms with Crippen LogP contribution < -0.4 is 9.91 Å². The Hall–Kier alpha value is -2.77. The molecule has 4 heterocycles. The van der Waals surface area contributed by atoms with Gasteiger partial charge in [-0.2, -0.15) is 0 Å². The van der Waals surface area contributed by atoms with Crippen molar-refractivity contribution in [3.63, 3.8) is 0 Å². The van der Waals surface area contributed by atoms with Gasteiger partial charge < -0.3 is 9.64 Å². The van der Waals surface area contributed by atoms with Crippen LogP contribution in [-0.4, -0.2) is 66.4 Å². The predicted molar refractivity (Wildman–Crippen MR) is 106 cm³/mol. The summed E-state index contributed by atoms with van der Waals surface area (Å²) in [6.45, 7) is 5.37. The number of morpholine rings is 1. The fraction of sp³-hybridized carbons (Fsp3) is 0.350. The van der Waals surface area contributed by atoms with E-state index in [1.165, 1.54) is 0 Å². The van der Waals surface area contributed by atoms with Crippen LogP contribution in [0, 0.1) is 0 Å². The van der Waals surface area contributed by atoms with Crippen LogP contribution in [0.1, 0.15) is 0 Å². The van der Waals surface area contributed by atoms with Crippen molar-refractivity contribution < 1.29 is 4.74 Å². The van der Waals surface area contributed by atoms with Crippen LogP contribution in [0.3, 0.4) is 0 Å². The second-order valence-electron chi connectivity index (χ2n) is 6.94. The second-order valence-corrected chi connectivity index (χ2v) is 6.94. The molecule has 2 aromatic heterocycles. The monoisotopic (exact) mass is 362 g/mol. The largest absolute Gasteiger partial charge is 0.378 e. The molecule has 3 aromatic rings. The normalized spacial score (nSPS) is 18.0. The van der Waals surface area contributed by atoms with Crippen molar-refractivity contribution in [1.29, 1.82) is 0 Å². The fourth-order valence-corrected chi connectivity index (χ4v) is 3.53. The zero-order valence-electron chi connectivity index (χ0n) is 15.4. The smallest absolute Gasteiger partial charge is 0.162 e. The summed E-state index contributed by atoms with van der Waals surface area (Å²) in [5.41, 5.74) is 4.00. The lowest BCUT2D eigenvalue weighted by molar-refractivity contribution is 0.122. The van der Waals surface area contributed by atoms with Crippen molar-refractivity contribution in [3.05, 3.63) is 42.7 Å². The first-order chi connectivity index (χ1) is 13.3. The number of aromatic nitrogens is 3. The van der Waals surface area contributed by atoms with Crippen molar-refractivity contribution in [1.82, 2.24) is 20.0 Å². The standard InChI is InChI=1S/C20H22N6O/c1-24-6-7-26(24)20-14-21-17-4-2-15(12-18(17)23-20)16-3-5-19(22-13-16)25-8-10-27-11-9-25/h2-5,12-14H,6-11H2,1H3. The van der Waals surface area contributed by atoms with E-state index in [0.717, 1.165) is 73.2 Å². The van der Waals surface area contributed by atoms with Gasteiger partial charge in [0.1, 0.15) is 5.82 Å². The third-order valence-corrected chi connectivity index (χ3v) is 5.26. The van der Waals surface area contributed by atoms with E-state index < -0.39 is 0 Å². The molecule has 5 rings (SSSR count). The third-order valence-electron chi connectivity index (χ3n) is 5.26. The van der Waals surface area contributed by atoms with Crippen molar-refractivity contribution in [2.75, 3.05) is 56.3 Å². The Morgan fingerprint density at radius 1 is 0.815 bits per heavy atom. The van der Waals surface area contributed by atoms with Crippen molar-refractivity contribution in [3.8, 4) is 11.1 Å². The number of benzene rings is 1. The summed E-state index contributed by atoms with van der Waals surface area (Å²) in [7, 11) is 2.06. The molecular formula is C20H22N6O. The summed E-state index contributed by atoms with van der Waals surface area (Å²) in [4.78, 5) is 16.3. The Kier molecular flexibility index (Phi) is 4.10. The van der Waals surface area contributed by atoms with Crippen LogP contribution in [0.25, 0.3) is 22.2 Å². The fourth-order valence-electron chi connectivity index (χ4n) is 3.53. The lowest BCUT2D eigenvalue weighted by atomic mass is 10.1. The molecule has 0 N–H and O–H groups in total. The maximum absolute atomic E-state index is 5.41. The molecule has 7 heteroatoms. The molecule has 27 heavy (non-hydrogen) atoms. The van der Waals surface area contributed by atoms with Gasteiger partial charge in [-0.1, -0.05) is 6.07 Å². The van der Waals surface area contributed by atoms with Crippen molar-refractivity contribution >= 4 is 22.7 Å². The van der Waals surface area contributed by atoms with Crippen LogP contribution in [-0.2, 0) is 4.74 Å². The highest BCUT2D eigenvalue weighted by Gasteiger charge is 2.23. The molecule has 2 aliphatic heterocycles. The van der Waals surface area contributed by atoms with Gasteiger partial charge in [-0.3, -0.25) is 9.99 Å². The first-order valence-electron chi connectivity index (χ1n) is 9.32. The number of rotatable bonds is 3. The predicted octanol–water partition coefficient (Wildman–Crippen LogP) is 2.20. The highest BCUT2D eigenvalue weighted by Crippen LogP contribution is 2.26. The molecule has 2 aliphatic rings. The number of hydrogen-bond acceptors (Lipinski definition) is 7. The average Bonchev–Trinajstić information content (AvgIpc) is 2.73. The Morgan fingerprint density at radius 3 is 2.37 bits per heavy atom. The van der Waals surface area contributed by atoms with Crippen LogP contribution in [0.5, 0.6) is 0 Å². The number of anilines is 2. The SMILES string of the molecule is CN1CCN1c1cnc2ccc(-c3ccc(N4CCOCC4)nc3)cc2n1. The highest BCUT2D eigenvalue weighted by molar-refractivity contribution is 5.82. The van der Waals surface area contributed by atoms with E-state index in [2.05, 4.69) is 56.2 Å². The number of hydrogen-bond donors (Lipinski definition) is 0. The summed E-state index contributed by atoms with van der Waals surface area (Å²) in [6.07, 6.45) is 3.78. The average molecular weight is 362 g/mol. The second kappa shape index (κ2) is 6.75. The maximum atomic E-state index is 5.41. The van der Waals surface area contributed by atoms with Gasteiger partial charge in [0.25, 0.3) is 0 Å². The van der Waals surface area contributed by atoms with Gasteiger partial charge in [0, 0.05) is 38.4 Å². The van der Waals surface area contributed by atoms with E-state index in [9.17, 15) is 0 Å². The van der Waals surface area contributed by atoms with Crippen molar-refractivity contribution in [2.45, 2.75) is 0 Å². The quantitative estimate of drug-likeness (QED) is 0.708. The number of ether oxygens (including phenoxy) is 1. The number of hydrazine groups is 1. The molecule has 0 aliphatic carbocycles. The molecule has 0 spiro atoms. The zero-order chi connectivity index (χ0) is 18.2. The van der Waals surface area contributed by atoms with Crippen LogP contribution >= 0.6 is 0 Å². The van der Waals surface area contributed by atoms with E-state index >= 15 is 0 Å². The van der Waals surface area contributed by atoms with E-state index in [4.69, 9.17) is 9.72 Å². The highest BCUT2D eigenvalue weighted by atomic mass is 16.5. The minimum atomic E-state index is 0.765. The number of nitrogens with zero attached hydrogens (tertiary/aromatic N) is 6. The Labute approximate surface area is 158 Å². The van der Waals surface area contributed by atoms with Gasteiger partial charge in [0.05, 0.1) is 37.0 Å². The molecule has 2 saturated heterocycles. The summed E-state index contributed by atoms with van der Waals surface area (Å²) in [5, 5.41) is 4.28. The lowest BCUT2D eigenvalue weighted by Crippen LogP contribution is -2.55.